The molecular weight excluding hydrogens is 454 g/mol. The minimum Gasteiger partial charge on any atom is -0.493 e. The van der Waals surface area contributed by atoms with Crippen molar-refractivity contribution in [1.29, 1.82) is 0 Å². The SMILES string of the molecule is COc1ccc(-c2noc(CCC(=O)N[C@@H](CCSC)c3nc4ccccc4[nH]3)n2)cc1OC. The predicted octanol–water partition coefficient (Wildman–Crippen LogP) is 4.17. The van der Waals surface area contributed by atoms with E-state index in [4.69, 9.17) is 14.0 Å². The molecule has 178 valence electrons. The molecule has 4 aromatic rings. The van der Waals surface area contributed by atoms with E-state index in [2.05, 4.69) is 25.4 Å². The molecule has 0 unspecified atom stereocenters. The maximum atomic E-state index is 12.7. The first-order valence-corrected chi connectivity index (χ1v) is 12.3. The number of para-hydroxylation sites is 2. The fourth-order valence-electron chi connectivity index (χ4n) is 3.59. The minimum atomic E-state index is -0.197. The molecule has 1 atom stereocenters. The molecule has 2 aromatic heterocycles. The minimum absolute atomic E-state index is 0.0996. The largest absolute Gasteiger partial charge is 0.493 e. The number of aryl methyl sites for hydroxylation is 1. The van der Waals surface area contributed by atoms with Gasteiger partial charge in [-0.3, -0.25) is 4.79 Å². The van der Waals surface area contributed by atoms with Crippen LogP contribution < -0.4 is 14.8 Å². The van der Waals surface area contributed by atoms with E-state index in [1.165, 1.54) is 0 Å². The zero-order chi connectivity index (χ0) is 23.9. The third-order valence-corrected chi connectivity index (χ3v) is 6.00. The highest BCUT2D eigenvalue weighted by Gasteiger charge is 2.19. The second-order valence-corrected chi connectivity index (χ2v) is 8.61. The molecule has 0 aliphatic carbocycles. The lowest BCUT2D eigenvalue weighted by Crippen LogP contribution is -2.30. The zero-order valence-electron chi connectivity index (χ0n) is 19.3. The van der Waals surface area contributed by atoms with Crippen LogP contribution in [0.1, 0.15) is 30.6 Å². The van der Waals surface area contributed by atoms with E-state index >= 15 is 0 Å². The number of imidazole rings is 1. The first kappa shape index (κ1) is 23.6. The molecule has 0 bridgehead atoms. The summed E-state index contributed by atoms with van der Waals surface area (Å²) < 4.78 is 16.0. The molecular formula is C24H27N5O4S. The number of fused-ring (bicyclic) bond motifs is 1. The Morgan fingerprint density at radius 3 is 2.74 bits per heavy atom. The Balaban J connectivity index is 1.39. The van der Waals surface area contributed by atoms with Crippen LogP contribution in [0.2, 0.25) is 0 Å². The highest BCUT2D eigenvalue weighted by atomic mass is 32.2. The average molecular weight is 482 g/mol. The van der Waals surface area contributed by atoms with Crippen LogP contribution in [0.25, 0.3) is 22.4 Å². The summed E-state index contributed by atoms with van der Waals surface area (Å²) in [6.45, 7) is 0. The van der Waals surface area contributed by atoms with Crippen LogP contribution in [-0.2, 0) is 11.2 Å². The van der Waals surface area contributed by atoms with Crippen LogP contribution in [0.15, 0.2) is 47.0 Å². The number of rotatable bonds is 11. The Labute approximate surface area is 201 Å². The van der Waals surface area contributed by atoms with Crippen LogP contribution in [0.4, 0.5) is 0 Å². The number of aromatic nitrogens is 4. The molecule has 0 saturated carbocycles. The third-order valence-electron chi connectivity index (χ3n) is 5.36. The van der Waals surface area contributed by atoms with Crippen molar-refractivity contribution in [3.63, 3.8) is 0 Å². The number of carbonyl (C=O) groups excluding carboxylic acids is 1. The summed E-state index contributed by atoms with van der Waals surface area (Å²) >= 11 is 1.73. The van der Waals surface area contributed by atoms with Crippen molar-refractivity contribution >= 4 is 28.7 Å². The monoisotopic (exact) mass is 481 g/mol. The molecule has 0 fully saturated rings. The van der Waals surface area contributed by atoms with E-state index in [0.717, 1.165) is 34.6 Å². The van der Waals surface area contributed by atoms with E-state index in [9.17, 15) is 4.79 Å². The molecule has 9 nitrogen and oxygen atoms in total. The van der Waals surface area contributed by atoms with Gasteiger partial charge in [0.1, 0.15) is 5.82 Å². The Bertz CT molecular complexity index is 1220. The lowest BCUT2D eigenvalue weighted by molar-refractivity contribution is -0.122. The van der Waals surface area contributed by atoms with Gasteiger partial charge >= 0.3 is 0 Å². The highest BCUT2D eigenvalue weighted by Crippen LogP contribution is 2.31. The topological polar surface area (TPSA) is 115 Å². The van der Waals surface area contributed by atoms with Gasteiger partial charge in [-0.15, -0.1) is 0 Å². The van der Waals surface area contributed by atoms with Gasteiger partial charge in [0.2, 0.25) is 17.6 Å². The van der Waals surface area contributed by atoms with Gasteiger partial charge in [0.05, 0.1) is 31.3 Å². The molecule has 0 radical (unpaired) electrons. The van der Waals surface area contributed by atoms with Crippen molar-refractivity contribution < 1.29 is 18.8 Å². The van der Waals surface area contributed by atoms with Gasteiger partial charge < -0.3 is 24.3 Å². The van der Waals surface area contributed by atoms with Gasteiger partial charge in [0, 0.05) is 18.4 Å². The standard InChI is InChI=1S/C24H27N5O4S/c1-31-19-9-8-15(14-20(19)32-2)23-28-22(33-29-23)11-10-21(30)25-18(12-13-34-3)24-26-16-6-4-5-7-17(16)27-24/h4-9,14,18H,10-13H2,1-3H3,(H,25,30)(H,26,27)/t18-/m0/s1. The number of benzene rings is 2. The number of thioether (sulfide) groups is 1. The number of carbonyl (C=O) groups is 1. The number of nitrogens with zero attached hydrogens (tertiary/aromatic N) is 3. The van der Waals surface area contributed by atoms with Gasteiger partial charge in [0.15, 0.2) is 11.5 Å². The molecule has 4 rings (SSSR count). The van der Waals surface area contributed by atoms with Crippen molar-refractivity contribution in [2.75, 3.05) is 26.2 Å². The molecule has 2 heterocycles. The van der Waals surface area contributed by atoms with Crippen LogP contribution in [0, 0.1) is 0 Å². The Kier molecular flexibility index (Phi) is 7.69. The van der Waals surface area contributed by atoms with Gasteiger partial charge in [0.25, 0.3) is 0 Å². The summed E-state index contributed by atoms with van der Waals surface area (Å²) in [5.41, 5.74) is 2.57. The first-order valence-electron chi connectivity index (χ1n) is 10.9. The van der Waals surface area contributed by atoms with Crippen LogP contribution in [0.5, 0.6) is 11.5 Å². The second kappa shape index (κ2) is 11.1. The number of aromatic amines is 1. The number of methoxy groups -OCH3 is 2. The number of ether oxygens (including phenoxy) is 2. The summed E-state index contributed by atoms with van der Waals surface area (Å²) in [6, 6.07) is 13.0. The second-order valence-electron chi connectivity index (χ2n) is 7.62. The van der Waals surface area contributed by atoms with Gasteiger partial charge in [-0.25, -0.2) is 4.98 Å². The Hall–Kier alpha value is -3.53. The molecule has 0 aliphatic rings. The molecule has 2 aromatic carbocycles. The molecule has 2 N–H and O–H groups in total. The smallest absolute Gasteiger partial charge is 0.227 e. The number of hydrogen-bond donors (Lipinski definition) is 2. The lowest BCUT2D eigenvalue weighted by atomic mass is 10.2. The van der Waals surface area contributed by atoms with E-state index in [1.807, 2.05) is 36.6 Å². The Morgan fingerprint density at radius 2 is 1.97 bits per heavy atom. The summed E-state index contributed by atoms with van der Waals surface area (Å²) in [6.07, 6.45) is 3.38. The molecule has 0 spiro atoms. The number of amides is 1. The summed E-state index contributed by atoms with van der Waals surface area (Å²) in [4.78, 5) is 25.1. The molecule has 1 amide bonds. The van der Waals surface area contributed by atoms with Crippen molar-refractivity contribution in [2.24, 2.45) is 0 Å². The number of H-pyrrole nitrogens is 1. The van der Waals surface area contributed by atoms with Crippen molar-refractivity contribution in [2.45, 2.75) is 25.3 Å². The van der Waals surface area contributed by atoms with Crippen molar-refractivity contribution in [3.05, 3.63) is 54.2 Å². The van der Waals surface area contributed by atoms with Gasteiger partial charge in [-0.2, -0.15) is 16.7 Å². The highest BCUT2D eigenvalue weighted by molar-refractivity contribution is 7.98. The van der Waals surface area contributed by atoms with Crippen molar-refractivity contribution in [3.8, 4) is 22.9 Å². The summed E-state index contributed by atoms with van der Waals surface area (Å²) in [7, 11) is 3.15. The average Bonchev–Trinajstić information content (AvgIpc) is 3.52. The number of hydrogen-bond acceptors (Lipinski definition) is 8. The maximum absolute atomic E-state index is 12.7. The quantitative estimate of drug-likeness (QED) is 0.328. The molecule has 34 heavy (non-hydrogen) atoms. The maximum Gasteiger partial charge on any atom is 0.227 e. The van der Waals surface area contributed by atoms with Crippen molar-refractivity contribution in [1.82, 2.24) is 25.4 Å². The predicted molar refractivity (Wildman–Crippen MR) is 131 cm³/mol. The summed E-state index contributed by atoms with van der Waals surface area (Å²) in [5.74, 6) is 3.58. The molecule has 0 saturated heterocycles. The van der Waals surface area contributed by atoms with E-state index in [-0.39, 0.29) is 18.4 Å². The summed E-state index contributed by atoms with van der Waals surface area (Å²) in [5, 5.41) is 7.14. The lowest BCUT2D eigenvalue weighted by Gasteiger charge is -2.16. The molecule has 0 aliphatic heterocycles. The van der Waals surface area contributed by atoms with Crippen LogP contribution >= 0.6 is 11.8 Å². The van der Waals surface area contributed by atoms with E-state index in [1.54, 1.807) is 38.1 Å². The molecule has 10 heteroatoms. The fourth-order valence-corrected chi connectivity index (χ4v) is 4.06. The van der Waals surface area contributed by atoms with E-state index < -0.39 is 0 Å². The number of nitrogens with one attached hydrogen (secondary N) is 2. The normalized spacial score (nSPS) is 12.0. The Morgan fingerprint density at radius 1 is 1.15 bits per heavy atom. The van der Waals surface area contributed by atoms with Gasteiger partial charge in [-0.05, 0) is 48.8 Å². The third kappa shape index (κ3) is 5.51. The fraction of sp³-hybridized carbons (Fsp3) is 0.333. The first-order chi connectivity index (χ1) is 16.6. The van der Waals surface area contributed by atoms with E-state index in [0.29, 0.717) is 29.6 Å². The zero-order valence-corrected chi connectivity index (χ0v) is 20.1. The van der Waals surface area contributed by atoms with Crippen LogP contribution in [0.3, 0.4) is 0 Å². The van der Waals surface area contributed by atoms with Crippen LogP contribution in [-0.4, -0.2) is 52.2 Å². The van der Waals surface area contributed by atoms with Gasteiger partial charge in [-0.1, -0.05) is 17.3 Å².